The number of aliphatic carboxylic acids is 1. The summed E-state index contributed by atoms with van der Waals surface area (Å²) in [5.41, 5.74) is 3.20. The summed E-state index contributed by atoms with van der Waals surface area (Å²) in [4.78, 5) is 26.3. The Morgan fingerprint density at radius 3 is 2.74 bits per heavy atom. The van der Waals surface area contributed by atoms with E-state index in [1.165, 1.54) is 0 Å². The zero-order valence-corrected chi connectivity index (χ0v) is 13.6. The molecule has 0 bridgehead atoms. The molecule has 2 aromatic rings. The maximum atomic E-state index is 12.1. The van der Waals surface area contributed by atoms with Crippen molar-refractivity contribution in [3.8, 4) is 0 Å². The number of amides is 1. The molecular weight excluding hydrogens is 316 g/mol. The normalized spacial score (nSPS) is 20.3. The van der Waals surface area contributed by atoms with Crippen molar-refractivity contribution in [1.29, 1.82) is 0 Å². The highest BCUT2D eigenvalue weighted by Crippen LogP contribution is 2.34. The van der Waals surface area contributed by atoms with Crippen LogP contribution in [0.3, 0.4) is 0 Å². The van der Waals surface area contributed by atoms with Crippen molar-refractivity contribution < 1.29 is 14.7 Å². The molecule has 1 aromatic carbocycles. The summed E-state index contributed by atoms with van der Waals surface area (Å²) in [6.07, 6.45) is 1.95. The van der Waals surface area contributed by atoms with Crippen LogP contribution in [0, 0.1) is 18.8 Å². The first-order valence-electron chi connectivity index (χ1n) is 7.74. The third-order valence-electron chi connectivity index (χ3n) is 4.68. The lowest BCUT2D eigenvalue weighted by Gasteiger charge is -2.31. The molecule has 0 unspecified atom stereocenters. The number of hydrogen-bond acceptors (Lipinski definition) is 2. The molecule has 23 heavy (non-hydrogen) atoms. The number of H-pyrrole nitrogens is 1. The fraction of sp³-hybridized carbons (Fsp3) is 0.412. The lowest BCUT2D eigenvalue weighted by atomic mass is 9.73. The summed E-state index contributed by atoms with van der Waals surface area (Å²) in [6.45, 7) is 2.50. The summed E-state index contributed by atoms with van der Waals surface area (Å²) in [6, 6.07) is 5.72. The van der Waals surface area contributed by atoms with Gasteiger partial charge in [-0.3, -0.25) is 9.59 Å². The van der Waals surface area contributed by atoms with E-state index in [2.05, 4.69) is 10.3 Å². The van der Waals surface area contributed by atoms with E-state index in [0.29, 0.717) is 30.8 Å². The average Bonchev–Trinajstić information content (AvgIpc) is 2.72. The number of aromatic nitrogens is 1. The smallest absolute Gasteiger partial charge is 0.307 e. The zero-order chi connectivity index (χ0) is 16.6. The predicted octanol–water partition coefficient (Wildman–Crippen LogP) is 2.90. The Morgan fingerprint density at radius 1 is 1.35 bits per heavy atom. The average molecular weight is 335 g/mol. The molecule has 0 radical (unpaired) electrons. The van der Waals surface area contributed by atoms with Crippen LogP contribution in [-0.2, 0) is 16.0 Å². The van der Waals surface area contributed by atoms with E-state index in [0.717, 1.165) is 22.2 Å². The molecule has 6 heteroatoms. The number of benzene rings is 1. The Balaban J connectivity index is 1.62. The van der Waals surface area contributed by atoms with E-state index in [9.17, 15) is 9.59 Å². The lowest BCUT2D eigenvalue weighted by molar-refractivity contribution is -0.152. The number of carboxylic acid groups (broad SMARTS) is 1. The van der Waals surface area contributed by atoms with Crippen LogP contribution < -0.4 is 5.32 Å². The number of carbonyl (C=O) groups excluding carboxylic acids is 1. The molecule has 1 fully saturated rings. The third-order valence-corrected chi connectivity index (χ3v) is 4.92. The summed E-state index contributed by atoms with van der Waals surface area (Å²) in [5.74, 6) is -1.92. The van der Waals surface area contributed by atoms with Crippen LogP contribution in [-0.4, -0.2) is 28.5 Å². The second-order valence-corrected chi connectivity index (χ2v) is 6.52. The van der Waals surface area contributed by atoms with Crippen LogP contribution in [0.2, 0.25) is 5.02 Å². The van der Waals surface area contributed by atoms with Gasteiger partial charge < -0.3 is 15.4 Å². The molecule has 3 N–H and O–H groups in total. The van der Waals surface area contributed by atoms with E-state index in [4.69, 9.17) is 16.7 Å². The summed E-state index contributed by atoms with van der Waals surface area (Å²) < 4.78 is 0. The number of carboxylic acids is 1. The van der Waals surface area contributed by atoms with Gasteiger partial charge in [-0.15, -0.1) is 0 Å². The van der Waals surface area contributed by atoms with Gasteiger partial charge in [0.25, 0.3) is 0 Å². The van der Waals surface area contributed by atoms with Gasteiger partial charge in [0.15, 0.2) is 0 Å². The predicted molar refractivity (Wildman–Crippen MR) is 88.6 cm³/mol. The van der Waals surface area contributed by atoms with E-state index in [-0.39, 0.29) is 11.8 Å². The SMILES string of the molecule is Cc1[nH]c2cc(Cl)ccc2c1CCNC(=O)[C@@H]1CC[C@@H]1C(=O)O. The fourth-order valence-corrected chi connectivity index (χ4v) is 3.41. The van der Waals surface area contributed by atoms with Crippen molar-refractivity contribution in [3.63, 3.8) is 0 Å². The van der Waals surface area contributed by atoms with Gasteiger partial charge >= 0.3 is 5.97 Å². The molecule has 1 saturated carbocycles. The molecule has 1 aliphatic carbocycles. The molecule has 0 saturated heterocycles. The maximum absolute atomic E-state index is 12.1. The van der Waals surface area contributed by atoms with E-state index in [1.807, 2.05) is 25.1 Å². The first-order valence-corrected chi connectivity index (χ1v) is 8.12. The van der Waals surface area contributed by atoms with Crippen LogP contribution in [0.1, 0.15) is 24.1 Å². The molecule has 5 nitrogen and oxygen atoms in total. The second-order valence-electron chi connectivity index (χ2n) is 6.09. The van der Waals surface area contributed by atoms with Gasteiger partial charge in [-0.25, -0.2) is 0 Å². The molecule has 2 atom stereocenters. The Morgan fingerprint density at radius 2 is 2.09 bits per heavy atom. The van der Waals surface area contributed by atoms with Gasteiger partial charge in [-0.1, -0.05) is 17.7 Å². The minimum atomic E-state index is -0.874. The topological polar surface area (TPSA) is 82.2 Å². The lowest BCUT2D eigenvalue weighted by Crippen LogP contribution is -2.44. The van der Waals surface area contributed by atoms with Crippen molar-refractivity contribution in [1.82, 2.24) is 10.3 Å². The van der Waals surface area contributed by atoms with Crippen LogP contribution in [0.5, 0.6) is 0 Å². The minimum Gasteiger partial charge on any atom is -0.481 e. The number of rotatable bonds is 5. The second kappa shape index (κ2) is 6.24. The molecule has 122 valence electrons. The van der Waals surface area contributed by atoms with Gasteiger partial charge in [0.1, 0.15) is 0 Å². The standard InChI is InChI=1S/C17H19ClN2O3/c1-9-11(12-3-2-10(18)8-15(12)20-9)6-7-19-16(21)13-4-5-14(13)17(22)23/h2-3,8,13-14,20H,4-7H2,1H3,(H,19,21)(H,22,23)/t13-,14+/m1/s1. The monoisotopic (exact) mass is 334 g/mol. The third kappa shape index (κ3) is 3.06. The van der Waals surface area contributed by atoms with Crippen molar-refractivity contribution >= 4 is 34.4 Å². The number of aryl methyl sites for hydroxylation is 1. The molecule has 3 rings (SSSR count). The summed E-state index contributed by atoms with van der Waals surface area (Å²) in [5, 5.41) is 13.7. The molecule has 1 amide bonds. The maximum Gasteiger partial charge on any atom is 0.307 e. The van der Waals surface area contributed by atoms with Crippen LogP contribution in [0.15, 0.2) is 18.2 Å². The van der Waals surface area contributed by atoms with E-state index in [1.54, 1.807) is 0 Å². The van der Waals surface area contributed by atoms with Gasteiger partial charge in [-0.2, -0.15) is 0 Å². The van der Waals surface area contributed by atoms with E-state index >= 15 is 0 Å². The number of aromatic amines is 1. The zero-order valence-electron chi connectivity index (χ0n) is 12.9. The highest BCUT2D eigenvalue weighted by Gasteiger charge is 2.41. The van der Waals surface area contributed by atoms with E-state index < -0.39 is 11.9 Å². The van der Waals surface area contributed by atoms with Gasteiger partial charge in [0, 0.05) is 28.2 Å². The first kappa shape index (κ1) is 15.9. The minimum absolute atomic E-state index is 0.149. The summed E-state index contributed by atoms with van der Waals surface area (Å²) >= 11 is 6.00. The van der Waals surface area contributed by atoms with Crippen LogP contribution in [0.4, 0.5) is 0 Å². The fourth-order valence-electron chi connectivity index (χ4n) is 3.24. The largest absolute Gasteiger partial charge is 0.481 e. The number of halogens is 1. The van der Waals surface area contributed by atoms with Gasteiger partial charge in [-0.05, 0) is 43.9 Å². The molecule has 1 aliphatic rings. The highest BCUT2D eigenvalue weighted by atomic mass is 35.5. The van der Waals surface area contributed by atoms with Crippen LogP contribution >= 0.6 is 11.6 Å². The number of nitrogens with one attached hydrogen (secondary N) is 2. The Labute approximate surface area is 139 Å². The van der Waals surface area contributed by atoms with Crippen molar-refractivity contribution in [2.24, 2.45) is 11.8 Å². The molecular formula is C17H19ClN2O3. The number of hydrogen-bond donors (Lipinski definition) is 3. The Kier molecular flexibility index (Phi) is 4.31. The first-order chi connectivity index (χ1) is 11.0. The molecule has 1 aromatic heterocycles. The number of fused-ring (bicyclic) bond motifs is 1. The molecule has 1 heterocycles. The van der Waals surface area contributed by atoms with Crippen LogP contribution in [0.25, 0.3) is 10.9 Å². The highest BCUT2D eigenvalue weighted by molar-refractivity contribution is 6.31. The summed E-state index contributed by atoms with van der Waals surface area (Å²) in [7, 11) is 0. The van der Waals surface area contributed by atoms with Crippen molar-refractivity contribution in [2.75, 3.05) is 6.54 Å². The van der Waals surface area contributed by atoms with Crippen molar-refractivity contribution in [2.45, 2.75) is 26.2 Å². The van der Waals surface area contributed by atoms with Crippen molar-refractivity contribution in [3.05, 3.63) is 34.5 Å². The quantitative estimate of drug-likeness (QED) is 0.786. The number of carbonyl (C=O) groups is 2. The molecule has 0 spiro atoms. The Hall–Kier alpha value is -2.01. The van der Waals surface area contributed by atoms with Gasteiger partial charge in [0.05, 0.1) is 11.8 Å². The van der Waals surface area contributed by atoms with Gasteiger partial charge in [0.2, 0.25) is 5.91 Å². The Bertz CT molecular complexity index is 769. The molecule has 0 aliphatic heterocycles.